The molecule has 0 fully saturated rings. The van der Waals surface area contributed by atoms with Crippen LogP contribution in [0.15, 0.2) is 24.5 Å². The number of carbonyl (C=O) groups is 1. The van der Waals surface area contributed by atoms with Gasteiger partial charge in [0.1, 0.15) is 0 Å². The molecule has 0 saturated carbocycles. The summed E-state index contributed by atoms with van der Waals surface area (Å²) in [5.41, 5.74) is 6.91. The van der Waals surface area contributed by atoms with Gasteiger partial charge >= 0.3 is 0 Å². The highest BCUT2D eigenvalue weighted by Crippen LogP contribution is 2.20. The number of nitrogens with zero attached hydrogens (tertiary/aromatic N) is 3. The van der Waals surface area contributed by atoms with Gasteiger partial charge < -0.3 is 15.5 Å². The molecule has 1 amide bonds. The van der Waals surface area contributed by atoms with Crippen molar-refractivity contribution in [1.29, 1.82) is 0 Å². The Balaban J connectivity index is 2.83. The predicted octanol–water partition coefficient (Wildman–Crippen LogP) is 1.35. The van der Waals surface area contributed by atoms with Crippen LogP contribution in [0.1, 0.15) is 26.3 Å². The number of amides is 1. The Kier molecular flexibility index (Phi) is 6.30. The van der Waals surface area contributed by atoms with Crippen LogP contribution in [0.25, 0.3) is 0 Å². The molecule has 118 valence electrons. The van der Waals surface area contributed by atoms with Gasteiger partial charge in [0.25, 0.3) is 0 Å². The quantitative estimate of drug-likeness (QED) is 0.859. The average Bonchev–Trinajstić information content (AvgIpc) is 2.41. The number of likely N-dealkylation sites (N-methyl/N-ethyl adjacent to an activating group) is 1. The number of rotatable bonds is 6. The van der Waals surface area contributed by atoms with Crippen LogP contribution in [0.5, 0.6) is 0 Å². The molecule has 1 atom stereocenters. The molecular weight excluding hydrogens is 264 g/mol. The fraction of sp³-hybridized carbons (Fsp3) is 0.625. The van der Waals surface area contributed by atoms with Crippen LogP contribution < -0.4 is 5.73 Å². The summed E-state index contributed by atoms with van der Waals surface area (Å²) >= 11 is 0. The van der Waals surface area contributed by atoms with Crippen molar-refractivity contribution < 1.29 is 4.79 Å². The Morgan fingerprint density at radius 2 is 2.00 bits per heavy atom. The van der Waals surface area contributed by atoms with Gasteiger partial charge in [-0.2, -0.15) is 0 Å². The summed E-state index contributed by atoms with van der Waals surface area (Å²) in [4.78, 5) is 20.7. The van der Waals surface area contributed by atoms with Gasteiger partial charge in [0.15, 0.2) is 0 Å². The maximum atomic E-state index is 12.7. The Bertz CT molecular complexity index is 439. The van der Waals surface area contributed by atoms with E-state index in [9.17, 15) is 4.79 Å². The second-order valence-corrected chi connectivity index (χ2v) is 6.77. The molecule has 1 aromatic rings. The first-order chi connectivity index (χ1) is 9.71. The Morgan fingerprint density at radius 3 is 2.48 bits per heavy atom. The van der Waals surface area contributed by atoms with E-state index in [1.54, 1.807) is 12.4 Å². The third kappa shape index (κ3) is 5.81. The molecule has 0 spiro atoms. The zero-order valence-corrected chi connectivity index (χ0v) is 13.8. The lowest BCUT2D eigenvalue weighted by Crippen LogP contribution is -2.51. The second kappa shape index (κ2) is 7.52. The lowest BCUT2D eigenvalue weighted by atomic mass is 9.86. The van der Waals surface area contributed by atoms with Gasteiger partial charge in [0.2, 0.25) is 5.91 Å². The number of hydrogen-bond donors (Lipinski definition) is 1. The monoisotopic (exact) mass is 292 g/mol. The number of pyridine rings is 1. The first kappa shape index (κ1) is 17.6. The zero-order chi connectivity index (χ0) is 16.0. The first-order valence-corrected chi connectivity index (χ1v) is 7.30. The molecule has 1 unspecified atom stereocenters. The molecule has 0 bridgehead atoms. The highest BCUT2D eigenvalue weighted by molar-refractivity contribution is 5.82. The van der Waals surface area contributed by atoms with E-state index in [2.05, 4.69) is 9.88 Å². The summed E-state index contributed by atoms with van der Waals surface area (Å²) in [5, 5.41) is 0. The van der Waals surface area contributed by atoms with Crippen LogP contribution in [0, 0.1) is 5.41 Å². The first-order valence-electron chi connectivity index (χ1n) is 7.30. The van der Waals surface area contributed by atoms with Crippen molar-refractivity contribution in [1.82, 2.24) is 14.8 Å². The highest BCUT2D eigenvalue weighted by Gasteiger charge is 2.31. The van der Waals surface area contributed by atoms with Crippen molar-refractivity contribution in [3.63, 3.8) is 0 Å². The van der Waals surface area contributed by atoms with Crippen LogP contribution >= 0.6 is 0 Å². The van der Waals surface area contributed by atoms with Gasteiger partial charge in [-0.15, -0.1) is 0 Å². The van der Waals surface area contributed by atoms with E-state index < -0.39 is 6.04 Å². The lowest BCUT2D eigenvalue weighted by Gasteiger charge is -2.32. The summed E-state index contributed by atoms with van der Waals surface area (Å²) in [6.45, 7) is 7.98. The van der Waals surface area contributed by atoms with Gasteiger partial charge in [-0.25, -0.2) is 0 Å². The predicted molar refractivity (Wildman–Crippen MR) is 85.6 cm³/mol. The third-order valence-electron chi connectivity index (χ3n) is 3.42. The highest BCUT2D eigenvalue weighted by atomic mass is 16.2. The topological polar surface area (TPSA) is 62.5 Å². The Morgan fingerprint density at radius 1 is 1.33 bits per heavy atom. The van der Waals surface area contributed by atoms with E-state index in [1.807, 2.05) is 51.9 Å². The fourth-order valence-electron chi connectivity index (χ4n) is 1.87. The largest absolute Gasteiger partial charge is 0.336 e. The van der Waals surface area contributed by atoms with Gasteiger partial charge in [0, 0.05) is 32.0 Å². The second-order valence-electron chi connectivity index (χ2n) is 6.77. The minimum Gasteiger partial charge on any atom is -0.336 e. The molecule has 0 aliphatic carbocycles. The van der Waals surface area contributed by atoms with Crippen molar-refractivity contribution in [3.8, 4) is 0 Å². The average molecular weight is 292 g/mol. The minimum absolute atomic E-state index is 0.00629. The smallest absolute Gasteiger partial charge is 0.240 e. The maximum Gasteiger partial charge on any atom is 0.240 e. The summed E-state index contributed by atoms with van der Waals surface area (Å²) in [6.07, 6.45) is 3.52. The van der Waals surface area contributed by atoms with Crippen LogP contribution in [0.2, 0.25) is 0 Å². The molecule has 5 nitrogen and oxygen atoms in total. The number of nitrogens with two attached hydrogens (primary N) is 1. The Labute approximate surface area is 128 Å². The molecule has 0 saturated heterocycles. The molecule has 1 heterocycles. The van der Waals surface area contributed by atoms with Crippen molar-refractivity contribution in [3.05, 3.63) is 30.1 Å². The fourth-order valence-corrected chi connectivity index (χ4v) is 1.87. The molecule has 0 radical (unpaired) electrons. The van der Waals surface area contributed by atoms with E-state index in [4.69, 9.17) is 5.73 Å². The molecule has 0 aliphatic heterocycles. The lowest BCUT2D eigenvalue weighted by molar-refractivity contribution is -0.135. The summed E-state index contributed by atoms with van der Waals surface area (Å²) < 4.78 is 0. The maximum absolute atomic E-state index is 12.7. The van der Waals surface area contributed by atoms with Crippen LogP contribution in [0.4, 0.5) is 0 Å². The SMILES string of the molecule is CN(C)CCN(Cc1cccnc1)C(=O)C(N)C(C)(C)C. The molecular formula is C16H28N4O. The van der Waals surface area contributed by atoms with Gasteiger partial charge in [-0.1, -0.05) is 26.8 Å². The minimum atomic E-state index is -0.503. The van der Waals surface area contributed by atoms with Crippen LogP contribution in [-0.4, -0.2) is 53.9 Å². The van der Waals surface area contributed by atoms with E-state index in [0.717, 1.165) is 12.1 Å². The molecule has 0 aromatic carbocycles. The number of aromatic nitrogens is 1. The molecule has 1 aromatic heterocycles. The van der Waals surface area contributed by atoms with Gasteiger partial charge in [-0.05, 0) is 31.1 Å². The third-order valence-corrected chi connectivity index (χ3v) is 3.42. The zero-order valence-electron chi connectivity index (χ0n) is 13.8. The van der Waals surface area contributed by atoms with Crippen molar-refractivity contribution in [2.24, 2.45) is 11.1 Å². The normalized spacial score (nSPS) is 13.3. The Hall–Kier alpha value is -1.46. The van der Waals surface area contributed by atoms with E-state index >= 15 is 0 Å². The molecule has 2 N–H and O–H groups in total. The van der Waals surface area contributed by atoms with Gasteiger partial charge in [0.05, 0.1) is 6.04 Å². The van der Waals surface area contributed by atoms with Crippen LogP contribution in [-0.2, 0) is 11.3 Å². The van der Waals surface area contributed by atoms with E-state index in [1.165, 1.54) is 0 Å². The summed E-state index contributed by atoms with van der Waals surface area (Å²) in [7, 11) is 3.99. The molecule has 5 heteroatoms. The standard InChI is InChI=1S/C16H28N4O/c1-16(2,3)14(17)15(21)20(10-9-19(4)5)12-13-7-6-8-18-11-13/h6-8,11,14H,9-10,12,17H2,1-5H3. The van der Waals surface area contributed by atoms with Crippen molar-refractivity contribution in [2.45, 2.75) is 33.4 Å². The van der Waals surface area contributed by atoms with Crippen molar-refractivity contribution in [2.75, 3.05) is 27.2 Å². The molecule has 21 heavy (non-hydrogen) atoms. The number of carbonyl (C=O) groups excluding carboxylic acids is 1. The van der Waals surface area contributed by atoms with Crippen molar-refractivity contribution >= 4 is 5.91 Å². The molecule has 1 rings (SSSR count). The molecule has 0 aliphatic rings. The van der Waals surface area contributed by atoms with Gasteiger partial charge in [-0.3, -0.25) is 9.78 Å². The number of hydrogen-bond acceptors (Lipinski definition) is 4. The van der Waals surface area contributed by atoms with E-state index in [0.29, 0.717) is 13.1 Å². The van der Waals surface area contributed by atoms with Crippen LogP contribution in [0.3, 0.4) is 0 Å². The summed E-state index contributed by atoms with van der Waals surface area (Å²) in [6, 6.07) is 3.36. The van der Waals surface area contributed by atoms with E-state index in [-0.39, 0.29) is 11.3 Å². The summed E-state index contributed by atoms with van der Waals surface area (Å²) in [5.74, 6) is -0.00629.